The maximum atomic E-state index is 11.9. The number of nitrogens with one attached hydrogen (secondary N) is 1. The largest absolute Gasteiger partial charge is 0.332 e. The molecule has 18 heavy (non-hydrogen) atoms. The normalized spacial score (nSPS) is 22.7. The zero-order valence-corrected chi connectivity index (χ0v) is 11.2. The molecular weight excluding hydrogens is 230 g/mol. The minimum absolute atomic E-state index is 0.0856. The van der Waals surface area contributed by atoms with Gasteiger partial charge in [-0.2, -0.15) is 0 Å². The summed E-state index contributed by atoms with van der Waals surface area (Å²) in [5.41, 5.74) is 0. The molecule has 0 atom stereocenters. The van der Waals surface area contributed by atoms with Crippen LogP contribution in [0.15, 0.2) is 0 Å². The molecule has 0 spiro atoms. The van der Waals surface area contributed by atoms with Crippen LogP contribution in [0, 0.1) is 5.92 Å². The number of carbonyl (C=O) groups is 2. The molecule has 2 amide bonds. The molecule has 2 aliphatic rings. The Labute approximate surface area is 108 Å². The quantitative estimate of drug-likeness (QED) is 0.771. The second kappa shape index (κ2) is 6.18. The van der Waals surface area contributed by atoms with Gasteiger partial charge in [-0.3, -0.25) is 9.59 Å². The van der Waals surface area contributed by atoms with Crippen molar-refractivity contribution in [2.45, 2.75) is 26.2 Å². The average molecular weight is 253 g/mol. The van der Waals surface area contributed by atoms with Crippen molar-refractivity contribution in [2.24, 2.45) is 5.92 Å². The van der Waals surface area contributed by atoms with Gasteiger partial charge in [-0.15, -0.1) is 0 Å². The highest BCUT2D eigenvalue weighted by molar-refractivity contribution is 5.92. The fourth-order valence-electron chi connectivity index (χ4n) is 2.70. The van der Waals surface area contributed by atoms with Crippen molar-refractivity contribution in [3.63, 3.8) is 0 Å². The van der Waals surface area contributed by atoms with Gasteiger partial charge in [-0.05, 0) is 45.2 Å². The smallest absolute Gasteiger partial charge is 0.242 e. The fraction of sp³-hybridized carbons (Fsp3) is 0.846. The van der Waals surface area contributed by atoms with Crippen LogP contribution in [0.4, 0.5) is 0 Å². The van der Waals surface area contributed by atoms with Gasteiger partial charge in [-0.1, -0.05) is 0 Å². The number of hydrogen-bond acceptors (Lipinski definition) is 3. The van der Waals surface area contributed by atoms with E-state index in [1.165, 1.54) is 12.8 Å². The molecule has 0 aromatic rings. The van der Waals surface area contributed by atoms with Gasteiger partial charge >= 0.3 is 0 Å². The van der Waals surface area contributed by atoms with Gasteiger partial charge in [0.05, 0.1) is 13.1 Å². The number of hydrogen-bond donors (Lipinski definition) is 1. The van der Waals surface area contributed by atoms with E-state index in [4.69, 9.17) is 0 Å². The molecule has 5 heteroatoms. The summed E-state index contributed by atoms with van der Waals surface area (Å²) in [7, 11) is 0. The molecule has 102 valence electrons. The van der Waals surface area contributed by atoms with Crippen molar-refractivity contribution in [3.05, 3.63) is 0 Å². The van der Waals surface area contributed by atoms with Crippen molar-refractivity contribution in [2.75, 3.05) is 39.3 Å². The summed E-state index contributed by atoms with van der Waals surface area (Å²) >= 11 is 0. The van der Waals surface area contributed by atoms with Gasteiger partial charge in [0.2, 0.25) is 11.8 Å². The molecule has 2 saturated heterocycles. The average Bonchev–Trinajstić information content (AvgIpc) is 2.40. The third-order valence-corrected chi connectivity index (χ3v) is 4.01. The lowest BCUT2D eigenvalue weighted by Gasteiger charge is -2.34. The van der Waals surface area contributed by atoms with Crippen molar-refractivity contribution in [3.8, 4) is 0 Å². The summed E-state index contributed by atoms with van der Waals surface area (Å²) in [5, 5.41) is 3.34. The van der Waals surface area contributed by atoms with Crippen LogP contribution in [0.25, 0.3) is 0 Å². The van der Waals surface area contributed by atoms with E-state index in [0.717, 1.165) is 26.1 Å². The lowest BCUT2D eigenvalue weighted by Crippen LogP contribution is -2.53. The molecule has 2 heterocycles. The molecule has 0 bridgehead atoms. The van der Waals surface area contributed by atoms with Crippen LogP contribution in [-0.2, 0) is 9.59 Å². The number of likely N-dealkylation sites (N-methyl/N-ethyl adjacent to an activating group) is 1. The Morgan fingerprint density at radius 2 is 1.72 bits per heavy atom. The van der Waals surface area contributed by atoms with Crippen LogP contribution in [0.5, 0.6) is 0 Å². The van der Waals surface area contributed by atoms with Crippen molar-refractivity contribution in [1.82, 2.24) is 15.1 Å². The molecular formula is C13H23N3O2. The van der Waals surface area contributed by atoms with Crippen LogP contribution in [-0.4, -0.2) is 60.9 Å². The Hall–Kier alpha value is -1.10. The number of amides is 2. The fourth-order valence-corrected chi connectivity index (χ4v) is 2.70. The van der Waals surface area contributed by atoms with Crippen molar-refractivity contribution in [1.29, 1.82) is 0 Å². The highest BCUT2D eigenvalue weighted by Crippen LogP contribution is 2.17. The topological polar surface area (TPSA) is 52.7 Å². The molecule has 5 nitrogen and oxygen atoms in total. The number of piperidine rings is 1. The first-order valence-electron chi connectivity index (χ1n) is 6.97. The third-order valence-electron chi connectivity index (χ3n) is 4.01. The van der Waals surface area contributed by atoms with E-state index in [-0.39, 0.29) is 24.9 Å². The van der Waals surface area contributed by atoms with Crippen molar-refractivity contribution < 1.29 is 9.59 Å². The Morgan fingerprint density at radius 1 is 1.11 bits per heavy atom. The lowest BCUT2D eigenvalue weighted by molar-refractivity contribution is -0.150. The van der Waals surface area contributed by atoms with Gasteiger partial charge in [0.25, 0.3) is 0 Å². The molecule has 2 aliphatic heterocycles. The van der Waals surface area contributed by atoms with E-state index in [1.54, 1.807) is 9.80 Å². The SMILES string of the molecule is CCN1CC(=O)N(CCC2CCNCC2)CC1=O. The first-order valence-corrected chi connectivity index (χ1v) is 6.97. The second-order valence-corrected chi connectivity index (χ2v) is 5.21. The molecule has 0 saturated carbocycles. The summed E-state index contributed by atoms with van der Waals surface area (Å²) in [6.45, 7) is 6.00. The Bertz CT molecular complexity index is 313. The van der Waals surface area contributed by atoms with Gasteiger partial charge < -0.3 is 15.1 Å². The minimum atomic E-state index is 0.0856. The summed E-state index contributed by atoms with van der Waals surface area (Å²) < 4.78 is 0. The van der Waals surface area contributed by atoms with E-state index in [9.17, 15) is 9.59 Å². The lowest BCUT2D eigenvalue weighted by atomic mass is 9.94. The monoisotopic (exact) mass is 253 g/mol. The van der Waals surface area contributed by atoms with Crippen LogP contribution in [0.1, 0.15) is 26.2 Å². The molecule has 1 N–H and O–H groups in total. The summed E-state index contributed by atoms with van der Waals surface area (Å²) in [4.78, 5) is 27.0. The zero-order chi connectivity index (χ0) is 13.0. The van der Waals surface area contributed by atoms with Gasteiger partial charge in [0.1, 0.15) is 0 Å². The number of piperazine rings is 1. The molecule has 2 fully saturated rings. The Kier molecular flexibility index (Phi) is 4.58. The van der Waals surface area contributed by atoms with Crippen LogP contribution in [0.2, 0.25) is 0 Å². The maximum absolute atomic E-state index is 11.9. The first kappa shape index (κ1) is 13.3. The highest BCUT2D eigenvalue weighted by Gasteiger charge is 2.29. The van der Waals surface area contributed by atoms with Crippen LogP contribution < -0.4 is 5.32 Å². The van der Waals surface area contributed by atoms with E-state index < -0.39 is 0 Å². The van der Waals surface area contributed by atoms with E-state index in [0.29, 0.717) is 12.5 Å². The van der Waals surface area contributed by atoms with Gasteiger partial charge in [0, 0.05) is 13.1 Å². The first-order chi connectivity index (χ1) is 8.70. The van der Waals surface area contributed by atoms with Crippen LogP contribution in [0.3, 0.4) is 0 Å². The van der Waals surface area contributed by atoms with Crippen molar-refractivity contribution >= 4 is 11.8 Å². The highest BCUT2D eigenvalue weighted by atomic mass is 16.2. The van der Waals surface area contributed by atoms with E-state index in [1.807, 2.05) is 6.92 Å². The predicted molar refractivity (Wildman–Crippen MR) is 69.0 cm³/mol. The standard InChI is InChI=1S/C13H23N3O2/c1-2-15-9-13(18)16(10-12(15)17)8-5-11-3-6-14-7-4-11/h11,14H,2-10H2,1H3. The molecule has 0 aromatic carbocycles. The third kappa shape index (κ3) is 3.22. The predicted octanol–water partition coefficient (Wildman–Crippen LogP) is 0.0668. The zero-order valence-electron chi connectivity index (χ0n) is 11.2. The second-order valence-electron chi connectivity index (χ2n) is 5.21. The minimum Gasteiger partial charge on any atom is -0.332 e. The maximum Gasteiger partial charge on any atom is 0.242 e. The van der Waals surface area contributed by atoms with Gasteiger partial charge in [0.15, 0.2) is 0 Å². The summed E-state index contributed by atoms with van der Waals surface area (Å²) in [6.07, 6.45) is 3.42. The summed E-state index contributed by atoms with van der Waals surface area (Å²) in [5.74, 6) is 0.895. The molecule has 0 aromatic heterocycles. The number of nitrogens with zero attached hydrogens (tertiary/aromatic N) is 2. The Morgan fingerprint density at radius 3 is 2.39 bits per heavy atom. The number of carbonyl (C=O) groups excluding carboxylic acids is 2. The van der Waals surface area contributed by atoms with Crippen LogP contribution >= 0.6 is 0 Å². The molecule has 0 radical (unpaired) electrons. The molecule has 2 rings (SSSR count). The van der Waals surface area contributed by atoms with E-state index >= 15 is 0 Å². The number of rotatable bonds is 4. The summed E-state index contributed by atoms with van der Waals surface area (Å²) in [6, 6.07) is 0. The molecule has 0 unspecified atom stereocenters. The Balaban J connectivity index is 1.78. The molecule has 0 aliphatic carbocycles. The van der Waals surface area contributed by atoms with Gasteiger partial charge in [-0.25, -0.2) is 0 Å². The van der Waals surface area contributed by atoms with E-state index in [2.05, 4.69) is 5.32 Å².